The molecule has 1 heterocycles. The molecule has 0 bridgehead atoms. The fraction of sp³-hybridized carbons (Fsp3) is 0.0500. The maximum absolute atomic E-state index is 12.3. The van der Waals surface area contributed by atoms with Gasteiger partial charge in [0.05, 0.1) is 28.8 Å². The lowest BCUT2D eigenvalue weighted by atomic mass is 10.2. The summed E-state index contributed by atoms with van der Waals surface area (Å²) in [4.78, 5) is 35.4. The second-order valence-corrected chi connectivity index (χ2v) is 7.12. The van der Waals surface area contributed by atoms with Crippen LogP contribution < -0.4 is 10.1 Å². The maximum atomic E-state index is 12.3. The van der Waals surface area contributed by atoms with Crippen LogP contribution in [-0.2, 0) is 14.3 Å². The summed E-state index contributed by atoms with van der Waals surface area (Å²) in [6, 6.07) is 13.2. The standard InChI is InChI=1S/C20H14ClN3O5S/c1-28-17(25)10-16-18(26)23-20(30-16)24-22-11-12-5-4-6-13(9-12)29-19(27)14-7-2-3-8-15(14)21/h2-11H,1H3,(H,23,24,26)/b16-10+,22-11?. The lowest BCUT2D eigenvalue weighted by Gasteiger charge is -2.06. The number of esters is 2. The van der Waals surface area contributed by atoms with E-state index < -0.39 is 17.8 Å². The number of nitrogens with zero attached hydrogens (tertiary/aromatic N) is 2. The molecule has 1 aliphatic heterocycles. The molecule has 1 N–H and O–H groups in total. The molecule has 1 amide bonds. The molecule has 30 heavy (non-hydrogen) atoms. The van der Waals surface area contributed by atoms with Crippen LogP contribution in [-0.4, -0.2) is 36.3 Å². The van der Waals surface area contributed by atoms with Gasteiger partial charge in [0.2, 0.25) is 0 Å². The van der Waals surface area contributed by atoms with E-state index in [2.05, 4.69) is 20.3 Å². The summed E-state index contributed by atoms with van der Waals surface area (Å²) in [6.45, 7) is 0. The van der Waals surface area contributed by atoms with E-state index in [0.717, 1.165) is 17.8 Å². The molecule has 2 aromatic carbocycles. The van der Waals surface area contributed by atoms with E-state index in [4.69, 9.17) is 16.3 Å². The minimum Gasteiger partial charge on any atom is -0.466 e. The summed E-state index contributed by atoms with van der Waals surface area (Å²) < 4.78 is 9.83. The largest absolute Gasteiger partial charge is 0.466 e. The zero-order valence-corrected chi connectivity index (χ0v) is 17.1. The van der Waals surface area contributed by atoms with E-state index in [1.807, 2.05) is 0 Å². The highest BCUT2D eigenvalue weighted by molar-refractivity contribution is 8.18. The van der Waals surface area contributed by atoms with E-state index in [1.165, 1.54) is 13.3 Å². The van der Waals surface area contributed by atoms with Crippen LogP contribution in [0, 0.1) is 0 Å². The Morgan fingerprint density at radius 2 is 1.97 bits per heavy atom. The van der Waals surface area contributed by atoms with Gasteiger partial charge in [-0.05, 0) is 41.6 Å². The number of carbonyl (C=O) groups excluding carboxylic acids is 3. The van der Waals surface area contributed by atoms with Crippen molar-refractivity contribution >= 4 is 52.6 Å². The Balaban J connectivity index is 1.66. The van der Waals surface area contributed by atoms with Gasteiger partial charge >= 0.3 is 11.9 Å². The number of thioether (sulfide) groups is 1. The van der Waals surface area contributed by atoms with Gasteiger partial charge in [-0.3, -0.25) is 10.1 Å². The minimum absolute atomic E-state index is 0.157. The minimum atomic E-state index is -0.638. The summed E-state index contributed by atoms with van der Waals surface area (Å²) in [7, 11) is 1.22. The Bertz CT molecular complexity index is 1100. The number of hydrogen-bond donors (Lipinski definition) is 1. The zero-order chi connectivity index (χ0) is 21.5. The summed E-state index contributed by atoms with van der Waals surface area (Å²) >= 11 is 6.97. The highest BCUT2D eigenvalue weighted by atomic mass is 35.5. The first kappa shape index (κ1) is 21.3. The number of benzene rings is 2. The van der Waals surface area contributed by atoms with Gasteiger partial charge in [-0.25, -0.2) is 9.59 Å². The quantitative estimate of drug-likeness (QED) is 0.250. The normalized spacial score (nSPS) is 16.1. The summed E-state index contributed by atoms with van der Waals surface area (Å²) in [5.41, 5.74) is 0.873. The molecule has 1 saturated heterocycles. The molecule has 10 heteroatoms. The van der Waals surface area contributed by atoms with Gasteiger partial charge in [-0.15, -0.1) is 5.10 Å². The average Bonchev–Trinajstić information content (AvgIpc) is 3.07. The molecular weight excluding hydrogens is 430 g/mol. The van der Waals surface area contributed by atoms with Gasteiger partial charge in [0.25, 0.3) is 5.91 Å². The third kappa shape index (κ3) is 5.56. The van der Waals surface area contributed by atoms with Gasteiger partial charge in [-0.2, -0.15) is 5.10 Å². The van der Waals surface area contributed by atoms with Crippen LogP contribution in [0.3, 0.4) is 0 Å². The number of amides is 1. The number of nitrogens with one attached hydrogen (secondary N) is 1. The highest BCUT2D eigenvalue weighted by Gasteiger charge is 2.25. The molecule has 0 radical (unpaired) electrons. The fourth-order valence-corrected chi connectivity index (χ4v) is 3.19. The lowest BCUT2D eigenvalue weighted by molar-refractivity contribution is -0.135. The van der Waals surface area contributed by atoms with E-state index in [0.29, 0.717) is 16.3 Å². The monoisotopic (exact) mass is 443 g/mol. The average molecular weight is 444 g/mol. The summed E-state index contributed by atoms with van der Waals surface area (Å²) in [6.07, 6.45) is 2.50. The summed E-state index contributed by atoms with van der Waals surface area (Å²) in [5.74, 6) is -1.37. The second-order valence-electron chi connectivity index (χ2n) is 5.68. The maximum Gasteiger partial charge on any atom is 0.345 e. The van der Waals surface area contributed by atoms with Crippen molar-refractivity contribution in [2.75, 3.05) is 7.11 Å². The molecule has 1 aliphatic rings. The third-order valence-corrected chi connectivity index (χ3v) is 4.85. The van der Waals surface area contributed by atoms with E-state index in [9.17, 15) is 14.4 Å². The molecule has 0 unspecified atom stereocenters. The lowest BCUT2D eigenvalue weighted by Crippen LogP contribution is -2.19. The van der Waals surface area contributed by atoms with Crippen LogP contribution in [0.15, 0.2) is 69.7 Å². The number of rotatable bonds is 5. The first-order valence-electron chi connectivity index (χ1n) is 8.43. The van der Waals surface area contributed by atoms with Crippen molar-refractivity contribution in [2.45, 2.75) is 0 Å². The number of amidine groups is 1. The first-order valence-corrected chi connectivity index (χ1v) is 9.62. The van der Waals surface area contributed by atoms with Crippen LogP contribution in [0.2, 0.25) is 5.02 Å². The molecular formula is C20H14ClN3O5S. The Morgan fingerprint density at radius 1 is 1.17 bits per heavy atom. The van der Waals surface area contributed by atoms with Crippen LogP contribution in [0.1, 0.15) is 15.9 Å². The molecule has 1 fully saturated rings. The first-order chi connectivity index (χ1) is 14.5. The second kappa shape index (κ2) is 9.86. The molecule has 8 nitrogen and oxygen atoms in total. The Labute approximate surface area is 180 Å². The molecule has 3 rings (SSSR count). The molecule has 0 spiro atoms. The van der Waals surface area contributed by atoms with Crippen LogP contribution in [0.25, 0.3) is 0 Å². The fourth-order valence-electron chi connectivity index (χ4n) is 2.24. The van der Waals surface area contributed by atoms with Crippen LogP contribution in [0.5, 0.6) is 5.75 Å². The molecule has 152 valence electrons. The van der Waals surface area contributed by atoms with Crippen molar-refractivity contribution in [3.05, 3.63) is 75.7 Å². The number of halogens is 1. The van der Waals surface area contributed by atoms with Crippen LogP contribution >= 0.6 is 23.4 Å². The SMILES string of the molecule is COC(=O)/C=C1/S/C(=N\N=Cc2cccc(OC(=O)c3ccccc3Cl)c2)NC1=O. The number of methoxy groups -OCH3 is 1. The Morgan fingerprint density at radius 3 is 2.73 bits per heavy atom. The van der Waals surface area contributed by atoms with Crippen molar-refractivity contribution in [3.8, 4) is 5.75 Å². The molecule has 2 aromatic rings. The third-order valence-electron chi connectivity index (χ3n) is 3.62. The number of ether oxygens (including phenoxy) is 2. The van der Waals surface area contributed by atoms with Gasteiger partial charge in [-0.1, -0.05) is 35.9 Å². The predicted octanol–water partition coefficient (Wildman–Crippen LogP) is 3.17. The van der Waals surface area contributed by atoms with Crippen molar-refractivity contribution in [3.63, 3.8) is 0 Å². The smallest absolute Gasteiger partial charge is 0.345 e. The van der Waals surface area contributed by atoms with Gasteiger partial charge in [0.1, 0.15) is 5.75 Å². The van der Waals surface area contributed by atoms with Gasteiger partial charge < -0.3 is 9.47 Å². The molecule has 0 saturated carbocycles. The van der Waals surface area contributed by atoms with Gasteiger partial charge in [0, 0.05) is 6.08 Å². The predicted molar refractivity (Wildman–Crippen MR) is 114 cm³/mol. The molecule has 0 atom stereocenters. The van der Waals surface area contributed by atoms with E-state index in [-0.39, 0.29) is 15.6 Å². The number of hydrogen-bond acceptors (Lipinski definition) is 8. The topological polar surface area (TPSA) is 106 Å². The van der Waals surface area contributed by atoms with Gasteiger partial charge in [0.15, 0.2) is 5.17 Å². The zero-order valence-electron chi connectivity index (χ0n) is 15.5. The molecule has 0 aliphatic carbocycles. The Kier molecular flexibility index (Phi) is 6.99. The van der Waals surface area contributed by atoms with E-state index in [1.54, 1.807) is 48.5 Å². The van der Waals surface area contributed by atoms with Crippen LogP contribution in [0.4, 0.5) is 0 Å². The number of carbonyl (C=O) groups is 3. The van der Waals surface area contributed by atoms with Crippen molar-refractivity contribution < 1.29 is 23.9 Å². The Hall–Kier alpha value is -3.43. The highest BCUT2D eigenvalue weighted by Crippen LogP contribution is 2.23. The van der Waals surface area contributed by atoms with Crippen molar-refractivity contribution in [2.24, 2.45) is 10.2 Å². The van der Waals surface area contributed by atoms with Crippen molar-refractivity contribution in [1.82, 2.24) is 5.32 Å². The summed E-state index contributed by atoms with van der Waals surface area (Å²) in [5, 5.41) is 10.8. The van der Waals surface area contributed by atoms with E-state index >= 15 is 0 Å². The van der Waals surface area contributed by atoms with Crippen molar-refractivity contribution in [1.29, 1.82) is 0 Å². The molecule has 0 aromatic heterocycles.